The topological polar surface area (TPSA) is 24.8 Å². The zero-order valence-electron chi connectivity index (χ0n) is 13.1. The monoisotopic (exact) mass is 322 g/mol. The van der Waals surface area contributed by atoms with Crippen molar-refractivity contribution in [2.24, 2.45) is 4.99 Å². The smallest absolute Gasteiger partial charge is 0.121 e. The van der Waals surface area contributed by atoms with Crippen LogP contribution in [0.25, 0.3) is 0 Å². The second-order valence-corrected chi connectivity index (χ2v) is 6.06. The van der Waals surface area contributed by atoms with Gasteiger partial charge in [-0.05, 0) is 36.4 Å². The van der Waals surface area contributed by atoms with Crippen LogP contribution >= 0.6 is 11.8 Å². The summed E-state index contributed by atoms with van der Waals surface area (Å²) in [5.74, 6) is 0.812. The van der Waals surface area contributed by atoms with E-state index in [1.165, 1.54) is 15.6 Å². The van der Waals surface area contributed by atoms with E-state index >= 15 is 0 Å². The van der Waals surface area contributed by atoms with Gasteiger partial charge in [-0.25, -0.2) is 0 Å². The van der Waals surface area contributed by atoms with E-state index in [-0.39, 0.29) is 0 Å². The highest BCUT2D eigenvalue weighted by atomic mass is 32.2. The van der Waals surface area contributed by atoms with Crippen molar-refractivity contribution < 1.29 is 4.74 Å². The van der Waals surface area contributed by atoms with Gasteiger partial charge in [-0.1, -0.05) is 36.0 Å². The number of nitrogens with zero attached hydrogens (tertiary/aromatic N) is 2. The maximum absolute atomic E-state index is 5.18. The Bertz CT molecular complexity index is 780. The lowest BCUT2D eigenvalue weighted by atomic mass is 10.3. The molecule has 0 radical (unpaired) electrons. The molecule has 0 spiro atoms. The molecular weight excluding hydrogens is 304 g/mol. The SMILES string of the molecule is COc1cccc(N=C/C=C/C=C2/Sc3ccccc3N2C)c1. The van der Waals surface area contributed by atoms with Gasteiger partial charge in [-0.2, -0.15) is 0 Å². The minimum atomic E-state index is 0.812. The predicted octanol–water partition coefficient (Wildman–Crippen LogP) is 5.04. The van der Waals surface area contributed by atoms with E-state index in [1.807, 2.05) is 36.4 Å². The summed E-state index contributed by atoms with van der Waals surface area (Å²) in [5, 5.41) is 1.21. The number of hydrogen-bond donors (Lipinski definition) is 0. The second-order valence-electron chi connectivity index (χ2n) is 5.00. The fraction of sp³-hybridized carbons (Fsp3) is 0.105. The van der Waals surface area contributed by atoms with Crippen molar-refractivity contribution in [1.82, 2.24) is 0 Å². The number of methoxy groups -OCH3 is 1. The molecule has 0 aromatic heterocycles. The van der Waals surface area contributed by atoms with Crippen LogP contribution in [0.4, 0.5) is 11.4 Å². The minimum Gasteiger partial charge on any atom is -0.497 e. The third kappa shape index (κ3) is 3.66. The van der Waals surface area contributed by atoms with Crippen LogP contribution in [0.2, 0.25) is 0 Å². The molecule has 0 bridgehead atoms. The van der Waals surface area contributed by atoms with Gasteiger partial charge in [0.25, 0.3) is 0 Å². The van der Waals surface area contributed by atoms with Crippen molar-refractivity contribution in [3.8, 4) is 5.75 Å². The molecule has 1 heterocycles. The predicted molar refractivity (Wildman–Crippen MR) is 99.1 cm³/mol. The number of allylic oxidation sites excluding steroid dienone is 3. The van der Waals surface area contributed by atoms with Crippen LogP contribution in [0.5, 0.6) is 5.75 Å². The molecule has 116 valence electrons. The summed E-state index contributed by atoms with van der Waals surface area (Å²) >= 11 is 1.78. The first-order valence-corrected chi connectivity index (χ1v) is 8.15. The van der Waals surface area contributed by atoms with Gasteiger partial charge in [0.2, 0.25) is 0 Å². The van der Waals surface area contributed by atoms with Gasteiger partial charge in [-0.15, -0.1) is 0 Å². The molecule has 0 fully saturated rings. The average molecular weight is 322 g/mol. The van der Waals surface area contributed by atoms with E-state index in [4.69, 9.17) is 4.74 Å². The Morgan fingerprint density at radius 1 is 1.09 bits per heavy atom. The van der Waals surface area contributed by atoms with E-state index < -0.39 is 0 Å². The van der Waals surface area contributed by atoms with Crippen molar-refractivity contribution in [3.63, 3.8) is 0 Å². The Labute approximate surface area is 141 Å². The molecule has 0 unspecified atom stereocenters. The largest absolute Gasteiger partial charge is 0.497 e. The molecule has 23 heavy (non-hydrogen) atoms. The number of ether oxygens (including phenoxy) is 1. The summed E-state index contributed by atoms with van der Waals surface area (Å²) in [7, 11) is 3.74. The Hall–Kier alpha value is -2.46. The van der Waals surface area contributed by atoms with Gasteiger partial charge < -0.3 is 9.64 Å². The first-order chi connectivity index (χ1) is 11.3. The molecular formula is C19H18N2OS. The Balaban J connectivity index is 1.64. The van der Waals surface area contributed by atoms with Gasteiger partial charge in [0.15, 0.2) is 0 Å². The molecule has 0 saturated carbocycles. The lowest BCUT2D eigenvalue weighted by Gasteiger charge is -2.12. The highest BCUT2D eigenvalue weighted by molar-refractivity contribution is 8.03. The quantitative estimate of drug-likeness (QED) is 0.737. The van der Waals surface area contributed by atoms with Crippen molar-refractivity contribution in [1.29, 1.82) is 0 Å². The van der Waals surface area contributed by atoms with E-state index in [1.54, 1.807) is 25.1 Å². The second kappa shape index (κ2) is 7.20. The van der Waals surface area contributed by atoms with Crippen LogP contribution in [0.1, 0.15) is 0 Å². The van der Waals surface area contributed by atoms with Crippen LogP contribution in [-0.4, -0.2) is 20.4 Å². The van der Waals surface area contributed by atoms with Crippen molar-refractivity contribution in [2.75, 3.05) is 19.1 Å². The highest BCUT2D eigenvalue weighted by Gasteiger charge is 2.20. The van der Waals surface area contributed by atoms with E-state index in [0.717, 1.165) is 11.4 Å². The van der Waals surface area contributed by atoms with Gasteiger partial charge in [-0.3, -0.25) is 4.99 Å². The minimum absolute atomic E-state index is 0.812. The van der Waals surface area contributed by atoms with Crippen molar-refractivity contribution in [2.45, 2.75) is 4.90 Å². The number of benzene rings is 2. The molecule has 0 saturated heterocycles. The van der Waals surface area contributed by atoms with Gasteiger partial charge in [0.05, 0.1) is 23.5 Å². The lowest BCUT2D eigenvalue weighted by molar-refractivity contribution is 0.415. The molecule has 0 amide bonds. The fourth-order valence-electron chi connectivity index (χ4n) is 2.27. The average Bonchev–Trinajstić information content (AvgIpc) is 2.91. The normalized spacial score (nSPS) is 15.7. The molecule has 0 aliphatic carbocycles. The van der Waals surface area contributed by atoms with Crippen molar-refractivity contribution >= 4 is 29.4 Å². The van der Waals surface area contributed by atoms with Crippen LogP contribution in [-0.2, 0) is 0 Å². The number of anilines is 1. The van der Waals surface area contributed by atoms with E-state index in [0.29, 0.717) is 0 Å². The molecule has 2 aromatic carbocycles. The van der Waals surface area contributed by atoms with Gasteiger partial charge in [0.1, 0.15) is 5.75 Å². The third-order valence-electron chi connectivity index (χ3n) is 3.48. The Morgan fingerprint density at radius 3 is 2.78 bits per heavy atom. The molecule has 4 heteroatoms. The summed E-state index contributed by atoms with van der Waals surface area (Å²) < 4.78 is 5.18. The summed E-state index contributed by atoms with van der Waals surface area (Å²) in [6.07, 6.45) is 7.83. The van der Waals surface area contributed by atoms with Crippen LogP contribution in [0.3, 0.4) is 0 Å². The van der Waals surface area contributed by atoms with Crippen LogP contribution < -0.4 is 9.64 Å². The fourth-order valence-corrected chi connectivity index (χ4v) is 3.34. The zero-order valence-corrected chi connectivity index (χ0v) is 14.0. The number of aliphatic imine (C=N–C) groups is 1. The Kier molecular flexibility index (Phi) is 4.83. The first kappa shape index (κ1) is 15.4. The number of fused-ring (bicyclic) bond motifs is 1. The standard InChI is InChI=1S/C19H18N2OS/c1-21-17-10-3-4-11-18(17)23-19(21)12-5-6-13-20-15-8-7-9-16(14-15)22-2/h3-14H,1-2H3/b6-5+,19-12+,20-13?. The van der Waals surface area contributed by atoms with E-state index in [2.05, 4.69) is 47.3 Å². The molecule has 0 N–H and O–H groups in total. The lowest BCUT2D eigenvalue weighted by Crippen LogP contribution is -2.08. The first-order valence-electron chi connectivity index (χ1n) is 7.33. The third-order valence-corrected chi connectivity index (χ3v) is 4.67. The summed E-state index contributed by atoms with van der Waals surface area (Å²) in [5.41, 5.74) is 2.13. The van der Waals surface area contributed by atoms with Crippen LogP contribution in [0.15, 0.2) is 81.7 Å². The number of hydrogen-bond acceptors (Lipinski definition) is 4. The number of thioether (sulfide) groups is 1. The molecule has 2 aromatic rings. The number of para-hydroxylation sites is 1. The molecule has 1 aliphatic rings. The summed E-state index contributed by atoms with van der Waals surface area (Å²) in [6.45, 7) is 0. The molecule has 3 nitrogen and oxygen atoms in total. The maximum atomic E-state index is 5.18. The van der Waals surface area contributed by atoms with E-state index in [9.17, 15) is 0 Å². The summed E-state index contributed by atoms with van der Waals surface area (Å²) in [4.78, 5) is 7.89. The maximum Gasteiger partial charge on any atom is 0.121 e. The molecule has 3 rings (SSSR count). The van der Waals surface area contributed by atoms with Crippen molar-refractivity contribution in [3.05, 3.63) is 71.8 Å². The van der Waals surface area contributed by atoms with Gasteiger partial charge >= 0.3 is 0 Å². The zero-order chi connectivity index (χ0) is 16.1. The van der Waals surface area contributed by atoms with Crippen LogP contribution in [0, 0.1) is 0 Å². The highest BCUT2D eigenvalue weighted by Crippen LogP contribution is 2.44. The van der Waals surface area contributed by atoms with Gasteiger partial charge in [0, 0.05) is 24.2 Å². The molecule has 1 aliphatic heterocycles. The summed E-state index contributed by atoms with van der Waals surface area (Å²) in [6, 6.07) is 16.1. The molecule has 0 atom stereocenters. The Morgan fingerprint density at radius 2 is 1.96 bits per heavy atom. The number of rotatable bonds is 4.